The molecule has 5 heteroatoms. The van der Waals surface area contributed by atoms with Crippen LogP contribution in [0.2, 0.25) is 0 Å². The topological polar surface area (TPSA) is 34.3 Å². The van der Waals surface area contributed by atoms with Crippen LogP contribution in [-0.4, -0.2) is 20.0 Å². The van der Waals surface area contributed by atoms with Crippen molar-refractivity contribution in [3.05, 3.63) is 47.5 Å². The first-order chi connectivity index (χ1) is 9.38. The predicted octanol–water partition coefficient (Wildman–Crippen LogP) is 2.50. The summed E-state index contributed by atoms with van der Waals surface area (Å²) in [7, 11) is 0. The van der Waals surface area contributed by atoms with Crippen molar-refractivity contribution in [2.45, 2.75) is 32.0 Å². The number of aromatic nitrogens is 3. The number of nitrogens with one attached hydrogen (secondary N) is 1. The van der Waals surface area contributed by atoms with E-state index in [9.17, 15) is 0 Å². The quantitative estimate of drug-likeness (QED) is 0.774. The highest BCUT2D eigenvalue weighted by Gasteiger charge is 2.20. The van der Waals surface area contributed by atoms with Crippen LogP contribution >= 0.6 is 11.3 Å². The second kappa shape index (κ2) is 4.51. The minimum Gasteiger partial charge on any atom is -0.344 e. The van der Waals surface area contributed by atoms with E-state index in [0.717, 1.165) is 29.8 Å². The highest BCUT2D eigenvalue weighted by molar-refractivity contribution is 7.15. The van der Waals surface area contributed by atoms with Crippen molar-refractivity contribution in [1.29, 1.82) is 0 Å². The molecule has 0 saturated heterocycles. The van der Waals surface area contributed by atoms with Crippen molar-refractivity contribution in [3.8, 4) is 0 Å². The molecular weight excluding hydrogens is 256 g/mol. The van der Waals surface area contributed by atoms with E-state index in [1.807, 2.05) is 0 Å². The minimum atomic E-state index is 0.751. The molecule has 0 spiro atoms. The summed E-state index contributed by atoms with van der Waals surface area (Å²) >= 11 is 1.68. The maximum Gasteiger partial charge on any atom is 0.193 e. The van der Waals surface area contributed by atoms with Gasteiger partial charge in [-0.15, -0.1) is 11.3 Å². The Balaban J connectivity index is 1.51. The normalized spacial score (nSPS) is 15.4. The number of fused-ring (bicyclic) bond motifs is 1. The van der Waals surface area contributed by atoms with E-state index in [4.69, 9.17) is 0 Å². The molecule has 0 atom stereocenters. The molecule has 4 nitrogen and oxygen atoms in total. The van der Waals surface area contributed by atoms with Crippen LogP contribution in [0.5, 0.6) is 0 Å². The van der Waals surface area contributed by atoms with Gasteiger partial charge in [-0.25, -0.2) is 4.98 Å². The molecule has 0 aromatic carbocycles. The molecular formula is C14H16N4S. The summed E-state index contributed by atoms with van der Waals surface area (Å²) in [5.41, 5.74) is 2.46. The van der Waals surface area contributed by atoms with Crippen molar-refractivity contribution in [1.82, 2.24) is 19.3 Å². The number of thiazole rings is 1. The van der Waals surface area contributed by atoms with Gasteiger partial charge in [0.1, 0.15) is 0 Å². The lowest BCUT2D eigenvalue weighted by molar-refractivity contribution is 0.631. The van der Waals surface area contributed by atoms with Crippen LogP contribution < -0.4 is 5.32 Å². The van der Waals surface area contributed by atoms with Crippen LogP contribution in [0, 0.1) is 0 Å². The summed E-state index contributed by atoms with van der Waals surface area (Å²) in [5, 5.41) is 5.62. The van der Waals surface area contributed by atoms with E-state index < -0.39 is 0 Å². The number of hydrogen-bond acceptors (Lipinski definition) is 3. The fourth-order valence-corrected chi connectivity index (χ4v) is 3.05. The second-order valence-corrected chi connectivity index (χ2v) is 5.98. The first kappa shape index (κ1) is 11.3. The summed E-state index contributed by atoms with van der Waals surface area (Å²) in [6, 6.07) is 5.05. The van der Waals surface area contributed by atoms with Crippen molar-refractivity contribution in [3.63, 3.8) is 0 Å². The van der Waals surface area contributed by atoms with Crippen LogP contribution in [0.15, 0.2) is 36.1 Å². The third kappa shape index (κ3) is 2.31. The maximum absolute atomic E-state index is 4.64. The smallest absolute Gasteiger partial charge is 0.193 e. The fourth-order valence-electron chi connectivity index (χ4n) is 2.33. The Kier molecular flexibility index (Phi) is 2.67. The van der Waals surface area contributed by atoms with Gasteiger partial charge in [0.2, 0.25) is 0 Å². The predicted molar refractivity (Wildman–Crippen MR) is 76.5 cm³/mol. The third-order valence-corrected chi connectivity index (χ3v) is 4.32. The van der Waals surface area contributed by atoms with Gasteiger partial charge in [0, 0.05) is 42.3 Å². The first-order valence-electron chi connectivity index (χ1n) is 6.67. The molecule has 19 heavy (non-hydrogen) atoms. The van der Waals surface area contributed by atoms with E-state index in [0.29, 0.717) is 0 Å². The zero-order chi connectivity index (χ0) is 12.7. The minimum absolute atomic E-state index is 0.751. The zero-order valence-corrected chi connectivity index (χ0v) is 11.4. The Morgan fingerprint density at radius 3 is 3.16 bits per heavy atom. The zero-order valence-electron chi connectivity index (χ0n) is 10.6. The van der Waals surface area contributed by atoms with E-state index >= 15 is 0 Å². The van der Waals surface area contributed by atoms with Crippen molar-refractivity contribution < 1.29 is 0 Å². The van der Waals surface area contributed by atoms with Crippen molar-refractivity contribution >= 4 is 16.3 Å². The number of imidazole rings is 1. The monoisotopic (exact) mass is 272 g/mol. The second-order valence-electron chi connectivity index (χ2n) is 5.11. The van der Waals surface area contributed by atoms with Crippen LogP contribution in [0.3, 0.4) is 0 Å². The van der Waals surface area contributed by atoms with Gasteiger partial charge in [-0.1, -0.05) is 0 Å². The summed E-state index contributed by atoms with van der Waals surface area (Å²) in [6.07, 6.45) is 8.97. The lowest BCUT2D eigenvalue weighted by atomic mass is 10.4. The Morgan fingerprint density at radius 2 is 2.32 bits per heavy atom. The van der Waals surface area contributed by atoms with Crippen LogP contribution in [0.4, 0.5) is 0 Å². The molecule has 3 heterocycles. The maximum atomic E-state index is 4.64. The summed E-state index contributed by atoms with van der Waals surface area (Å²) in [6.45, 7) is 1.81. The number of hydrogen-bond donors (Lipinski definition) is 1. The standard InChI is InChI=1S/C14H16N4S/c1-2-13(8-15-11-3-4-11)17(5-1)9-12-10-18-6-7-19-14(18)16-12/h1-2,5-7,10-11,15H,3-4,8-9H2. The van der Waals surface area contributed by atoms with Gasteiger partial charge in [0.05, 0.1) is 12.2 Å². The molecule has 1 N–H and O–H groups in total. The third-order valence-electron chi connectivity index (χ3n) is 3.55. The molecule has 98 valence electrons. The molecule has 4 rings (SSSR count). The highest BCUT2D eigenvalue weighted by atomic mass is 32.1. The largest absolute Gasteiger partial charge is 0.344 e. The molecule has 1 aliphatic carbocycles. The molecule has 0 aliphatic heterocycles. The van der Waals surface area contributed by atoms with Crippen LogP contribution in [-0.2, 0) is 13.1 Å². The molecule has 1 saturated carbocycles. The van der Waals surface area contributed by atoms with E-state index in [-0.39, 0.29) is 0 Å². The molecule has 0 amide bonds. The Hall–Kier alpha value is -1.59. The molecule has 3 aromatic heterocycles. The molecule has 1 aliphatic rings. The fraction of sp³-hybridized carbons (Fsp3) is 0.357. The molecule has 0 unspecified atom stereocenters. The average molecular weight is 272 g/mol. The van der Waals surface area contributed by atoms with Gasteiger partial charge in [-0.3, -0.25) is 4.40 Å². The van der Waals surface area contributed by atoms with Crippen molar-refractivity contribution in [2.75, 3.05) is 0 Å². The molecule has 0 bridgehead atoms. The van der Waals surface area contributed by atoms with E-state index in [1.165, 1.54) is 18.5 Å². The van der Waals surface area contributed by atoms with E-state index in [1.54, 1.807) is 11.3 Å². The molecule has 1 fully saturated rings. The summed E-state index contributed by atoms with van der Waals surface area (Å²) in [4.78, 5) is 5.71. The van der Waals surface area contributed by atoms with Gasteiger partial charge in [0.15, 0.2) is 4.96 Å². The van der Waals surface area contributed by atoms with E-state index in [2.05, 4.69) is 55.4 Å². The SMILES string of the molecule is c1cc(CNC2CC2)n(Cc2cn3ccsc3n2)c1. The number of nitrogens with zero attached hydrogens (tertiary/aromatic N) is 3. The van der Waals surface area contributed by atoms with Crippen LogP contribution in [0.1, 0.15) is 24.2 Å². The lowest BCUT2D eigenvalue weighted by Gasteiger charge is -2.08. The first-order valence-corrected chi connectivity index (χ1v) is 7.55. The van der Waals surface area contributed by atoms with Gasteiger partial charge >= 0.3 is 0 Å². The van der Waals surface area contributed by atoms with Gasteiger partial charge in [0.25, 0.3) is 0 Å². The molecule has 0 radical (unpaired) electrons. The lowest BCUT2D eigenvalue weighted by Crippen LogP contribution is -2.18. The van der Waals surface area contributed by atoms with Gasteiger partial charge < -0.3 is 9.88 Å². The average Bonchev–Trinajstić information content (AvgIpc) is 2.80. The van der Waals surface area contributed by atoms with Gasteiger partial charge in [-0.2, -0.15) is 0 Å². The Labute approximate surface area is 115 Å². The summed E-state index contributed by atoms with van der Waals surface area (Å²) < 4.78 is 4.37. The van der Waals surface area contributed by atoms with Crippen LogP contribution in [0.25, 0.3) is 4.96 Å². The summed E-state index contributed by atoms with van der Waals surface area (Å²) in [5.74, 6) is 0. The highest BCUT2D eigenvalue weighted by Crippen LogP contribution is 2.19. The molecule has 3 aromatic rings. The Bertz CT molecular complexity index is 661. The van der Waals surface area contributed by atoms with Crippen molar-refractivity contribution in [2.24, 2.45) is 0 Å². The van der Waals surface area contributed by atoms with Gasteiger partial charge in [-0.05, 0) is 25.0 Å². The Morgan fingerprint density at radius 1 is 1.37 bits per heavy atom. The number of rotatable bonds is 5.